The minimum Gasteiger partial charge on any atom is -0.383 e. The fraction of sp³-hybridized carbons (Fsp3) is 0.308. The lowest BCUT2D eigenvalue weighted by atomic mass is 10.2. The van der Waals surface area contributed by atoms with Crippen molar-refractivity contribution in [2.75, 3.05) is 25.6 Å². The highest BCUT2D eigenvalue weighted by molar-refractivity contribution is 6.00. The summed E-state index contributed by atoms with van der Waals surface area (Å²) in [5, 5.41) is 6.59. The van der Waals surface area contributed by atoms with E-state index in [1.54, 1.807) is 7.11 Å². The molecule has 0 aliphatic rings. The van der Waals surface area contributed by atoms with Crippen LogP contribution in [0.2, 0.25) is 0 Å². The Labute approximate surface area is 106 Å². The number of nitrogens with one attached hydrogen (secondary N) is 2. The third-order valence-electron chi connectivity index (χ3n) is 2.77. The zero-order valence-corrected chi connectivity index (χ0v) is 10.6. The average molecular weight is 247 g/mol. The van der Waals surface area contributed by atoms with Gasteiger partial charge in [0.2, 0.25) is 0 Å². The lowest BCUT2D eigenvalue weighted by Gasteiger charge is -2.08. The van der Waals surface area contributed by atoms with Crippen LogP contribution >= 0.6 is 0 Å². The summed E-state index contributed by atoms with van der Waals surface area (Å²) in [6.07, 6.45) is 1.97. The quantitative estimate of drug-likeness (QED) is 0.811. The lowest BCUT2D eigenvalue weighted by molar-refractivity contribution is 0.198. The maximum Gasteiger partial charge on any atom is 0.319 e. The first kappa shape index (κ1) is 12.4. The molecule has 0 fully saturated rings. The zero-order chi connectivity index (χ0) is 13.0. The molecule has 0 atom stereocenters. The summed E-state index contributed by atoms with van der Waals surface area (Å²) in [7, 11) is 3.58. The average Bonchev–Trinajstić information content (AvgIpc) is 2.73. The predicted octanol–water partition coefficient (Wildman–Crippen LogP) is 1.95. The molecule has 0 saturated heterocycles. The fourth-order valence-electron chi connectivity index (χ4n) is 1.84. The molecule has 0 spiro atoms. The molecule has 0 bridgehead atoms. The van der Waals surface area contributed by atoms with E-state index in [1.165, 1.54) is 0 Å². The highest BCUT2D eigenvalue weighted by Crippen LogP contribution is 2.23. The molecule has 0 saturated carbocycles. The Kier molecular flexibility index (Phi) is 3.84. The molecule has 0 radical (unpaired) electrons. The molecule has 5 nitrogen and oxygen atoms in total. The summed E-state index contributed by atoms with van der Waals surface area (Å²) in [6.45, 7) is 0.996. The molecule has 2 rings (SSSR count). The highest BCUT2D eigenvalue weighted by atomic mass is 16.5. The molecule has 5 heteroatoms. The Bertz CT molecular complexity index is 548. The molecular formula is C13H17N3O2. The van der Waals surface area contributed by atoms with Gasteiger partial charge in [-0.15, -0.1) is 0 Å². The van der Waals surface area contributed by atoms with Crippen LogP contribution in [0.5, 0.6) is 0 Å². The fourth-order valence-corrected chi connectivity index (χ4v) is 1.84. The van der Waals surface area contributed by atoms with Crippen molar-refractivity contribution >= 4 is 22.6 Å². The first-order valence-corrected chi connectivity index (χ1v) is 5.80. The van der Waals surface area contributed by atoms with E-state index in [0.29, 0.717) is 13.2 Å². The van der Waals surface area contributed by atoms with Crippen LogP contribution in [0.25, 0.3) is 10.9 Å². The number of amides is 2. The number of methoxy groups -OCH3 is 1. The minimum atomic E-state index is -0.219. The Hall–Kier alpha value is -2.01. The van der Waals surface area contributed by atoms with E-state index in [4.69, 9.17) is 4.74 Å². The molecule has 0 unspecified atom stereocenters. The van der Waals surface area contributed by atoms with E-state index >= 15 is 0 Å². The number of benzene rings is 1. The third kappa shape index (κ3) is 2.62. The van der Waals surface area contributed by atoms with Crippen LogP contribution in [0.15, 0.2) is 30.5 Å². The monoisotopic (exact) mass is 247 g/mol. The molecule has 2 amide bonds. The van der Waals surface area contributed by atoms with Gasteiger partial charge >= 0.3 is 6.03 Å². The predicted molar refractivity (Wildman–Crippen MR) is 71.8 cm³/mol. The Morgan fingerprint density at radius 3 is 3.00 bits per heavy atom. The van der Waals surface area contributed by atoms with Gasteiger partial charge in [0.1, 0.15) is 0 Å². The number of nitrogens with zero attached hydrogens (tertiary/aromatic N) is 1. The van der Waals surface area contributed by atoms with Crippen molar-refractivity contribution in [3.05, 3.63) is 30.5 Å². The molecule has 96 valence electrons. The van der Waals surface area contributed by atoms with Gasteiger partial charge in [-0.3, -0.25) is 0 Å². The summed E-state index contributed by atoms with van der Waals surface area (Å²) < 4.78 is 6.89. The van der Waals surface area contributed by atoms with Crippen LogP contribution in [-0.2, 0) is 11.8 Å². The van der Waals surface area contributed by atoms with E-state index in [-0.39, 0.29) is 6.03 Å². The van der Waals surface area contributed by atoms with Crippen molar-refractivity contribution < 1.29 is 9.53 Å². The lowest BCUT2D eigenvalue weighted by Crippen LogP contribution is -2.31. The van der Waals surface area contributed by atoms with Crippen molar-refractivity contribution in [1.29, 1.82) is 0 Å². The van der Waals surface area contributed by atoms with Crippen LogP contribution in [0.3, 0.4) is 0 Å². The third-order valence-corrected chi connectivity index (χ3v) is 2.77. The number of hydrogen-bond donors (Lipinski definition) is 2. The molecule has 1 aromatic heterocycles. The number of fused-ring (bicyclic) bond motifs is 1. The Balaban J connectivity index is 2.09. The number of rotatable bonds is 4. The van der Waals surface area contributed by atoms with Crippen LogP contribution in [-0.4, -0.2) is 30.9 Å². The maximum absolute atomic E-state index is 11.7. The van der Waals surface area contributed by atoms with Crippen molar-refractivity contribution in [2.24, 2.45) is 7.05 Å². The van der Waals surface area contributed by atoms with Crippen molar-refractivity contribution in [1.82, 2.24) is 9.88 Å². The van der Waals surface area contributed by atoms with Gasteiger partial charge in [-0.25, -0.2) is 4.79 Å². The maximum atomic E-state index is 11.7. The SMILES string of the molecule is COCCNC(=O)Nc1cccc2c1ccn2C. The van der Waals surface area contributed by atoms with Crippen LogP contribution in [0.4, 0.5) is 10.5 Å². The van der Waals surface area contributed by atoms with Crippen molar-refractivity contribution in [3.8, 4) is 0 Å². The standard InChI is InChI=1S/C13H17N3O2/c1-16-8-6-10-11(4-3-5-12(10)16)15-13(17)14-7-9-18-2/h3-6,8H,7,9H2,1-2H3,(H2,14,15,17). The normalized spacial score (nSPS) is 10.6. The van der Waals surface area contributed by atoms with E-state index < -0.39 is 0 Å². The van der Waals surface area contributed by atoms with Gasteiger partial charge in [0.15, 0.2) is 0 Å². The second kappa shape index (κ2) is 5.55. The molecule has 2 aromatic rings. The number of anilines is 1. The molecule has 1 aromatic carbocycles. The van der Waals surface area contributed by atoms with Gasteiger partial charge in [-0.2, -0.15) is 0 Å². The van der Waals surface area contributed by atoms with E-state index in [2.05, 4.69) is 10.6 Å². The topological polar surface area (TPSA) is 55.3 Å². The number of aromatic nitrogens is 1. The molecule has 0 aliphatic heterocycles. The smallest absolute Gasteiger partial charge is 0.319 e. The van der Waals surface area contributed by atoms with E-state index in [1.807, 2.05) is 42.1 Å². The van der Waals surface area contributed by atoms with Crippen LogP contribution in [0.1, 0.15) is 0 Å². The second-order valence-electron chi connectivity index (χ2n) is 4.04. The number of aryl methyl sites for hydroxylation is 1. The first-order chi connectivity index (χ1) is 8.72. The van der Waals surface area contributed by atoms with Gasteiger partial charge in [0.05, 0.1) is 12.3 Å². The Morgan fingerprint density at radius 1 is 1.39 bits per heavy atom. The Morgan fingerprint density at radius 2 is 2.22 bits per heavy atom. The van der Waals surface area contributed by atoms with E-state index in [9.17, 15) is 4.79 Å². The number of ether oxygens (including phenoxy) is 1. The summed E-state index contributed by atoms with van der Waals surface area (Å²) in [6, 6.07) is 7.60. The van der Waals surface area contributed by atoms with Gasteiger partial charge < -0.3 is 19.9 Å². The van der Waals surface area contributed by atoms with Crippen molar-refractivity contribution in [2.45, 2.75) is 0 Å². The first-order valence-electron chi connectivity index (χ1n) is 5.80. The zero-order valence-electron chi connectivity index (χ0n) is 10.6. The van der Waals surface area contributed by atoms with Crippen molar-refractivity contribution in [3.63, 3.8) is 0 Å². The summed E-state index contributed by atoms with van der Waals surface area (Å²) >= 11 is 0. The number of carbonyl (C=O) groups excluding carboxylic acids is 1. The molecule has 0 aliphatic carbocycles. The molecule has 2 N–H and O–H groups in total. The highest BCUT2D eigenvalue weighted by Gasteiger charge is 2.06. The number of urea groups is 1. The molecule has 18 heavy (non-hydrogen) atoms. The van der Waals surface area contributed by atoms with Gasteiger partial charge in [0.25, 0.3) is 0 Å². The minimum absolute atomic E-state index is 0.219. The summed E-state index contributed by atoms with van der Waals surface area (Å²) in [5.74, 6) is 0. The second-order valence-corrected chi connectivity index (χ2v) is 4.04. The molecular weight excluding hydrogens is 230 g/mol. The van der Waals surface area contributed by atoms with Crippen LogP contribution < -0.4 is 10.6 Å². The van der Waals surface area contributed by atoms with E-state index in [0.717, 1.165) is 16.6 Å². The molecule has 1 heterocycles. The number of carbonyl (C=O) groups is 1. The number of hydrogen-bond acceptors (Lipinski definition) is 2. The van der Waals surface area contributed by atoms with Crippen LogP contribution in [0, 0.1) is 0 Å². The van der Waals surface area contributed by atoms with Gasteiger partial charge in [0, 0.05) is 37.8 Å². The van der Waals surface area contributed by atoms with Gasteiger partial charge in [-0.1, -0.05) is 6.07 Å². The largest absolute Gasteiger partial charge is 0.383 e. The van der Waals surface area contributed by atoms with Gasteiger partial charge in [-0.05, 0) is 18.2 Å². The summed E-state index contributed by atoms with van der Waals surface area (Å²) in [4.78, 5) is 11.7. The summed E-state index contributed by atoms with van der Waals surface area (Å²) in [5.41, 5.74) is 1.90.